The molecule has 0 saturated carbocycles. The summed E-state index contributed by atoms with van der Waals surface area (Å²) in [4.78, 5) is 25.3. The van der Waals surface area contributed by atoms with Crippen LogP contribution in [0.4, 0.5) is 0 Å². The number of rotatable bonds is 7. The van der Waals surface area contributed by atoms with E-state index in [1.807, 2.05) is 20.8 Å². The van der Waals surface area contributed by atoms with E-state index in [-0.39, 0.29) is 24.4 Å². The predicted octanol–water partition coefficient (Wildman–Crippen LogP) is 0.786. The molecule has 104 valence electrons. The number of amides is 2. The van der Waals surface area contributed by atoms with Gasteiger partial charge in [0.1, 0.15) is 6.04 Å². The van der Waals surface area contributed by atoms with Gasteiger partial charge in [-0.2, -0.15) is 0 Å². The lowest BCUT2D eigenvalue weighted by Crippen LogP contribution is -2.58. The molecule has 5 nitrogen and oxygen atoms in total. The van der Waals surface area contributed by atoms with Crippen molar-refractivity contribution in [1.82, 2.24) is 10.2 Å². The molecule has 1 aliphatic heterocycles. The molecule has 0 spiro atoms. The van der Waals surface area contributed by atoms with Gasteiger partial charge in [0.2, 0.25) is 11.8 Å². The normalized spacial score (nSPS) is 20.4. The summed E-state index contributed by atoms with van der Waals surface area (Å²) < 4.78 is 5.24. The Morgan fingerprint density at radius 2 is 2.17 bits per heavy atom. The zero-order valence-electron chi connectivity index (χ0n) is 11.6. The molecule has 1 N–H and O–H groups in total. The molecule has 18 heavy (non-hydrogen) atoms. The lowest BCUT2D eigenvalue weighted by molar-refractivity contribution is -0.144. The maximum atomic E-state index is 12.1. The molecule has 1 saturated heterocycles. The fraction of sp³-hybridized carbons (Fsp3) is 0.846. The molecule has 0 bridgehead atoms. The lowest BCUT2D eigenvalue weighted by Gasteiger charge is -2.33. The minimum Gasteiger partial charge on any atom is -0.382 e. The highest BCUT2D eigenvalue weighted by Crippen LogP contribution is 2.11. The van der Waals surface area contributed by atoms with E-state index in [1.54, 1.807) is 4.90 Å². The number of nitrogens with one attached hydrogen (secondary N) is 1. The maximum Gasteiger partial charge on any atom is 0.245 e. The Morgan fingerprint density at radius 3 is 2.78 bits per heavy atom. The third kappa shape index (κ3) is 4.64. The summed E-state index contributed by atoms with van der Waals surface area (Å²) in [6.45, 7) is 8.14. The molecule has 0 aliphatic carbocycles. The van der Waals surface area contributed by atoms with Crippen molar-refractivity contribution in [2.45, 2.75) is 39.7 Å². The predicted molar refractivity (Wildman–Crippen MR) is 69.1 cm³/mol. The number of nitrogens with zero attached hydrogens (tertiary/aromatic N) is 1. The van der Waals surface area contributed by atoms with Crippen LogP contribution < -0.4 is 5.32 Å². The average molecular weight is 256 g/mol. The molecule has 1 rings (SSSR count). The Morgan fingerprint density at radius 1 is 1.44 bits per heavy atom. The summed E-state index contributed by atoms with van der Waals surface area (Å²) in [6.07, 6.45) is 1.48. The molecular weight excluding hydrogens is 232 g/mol. The van der Waals surface area contributed by atoms with E-state index in [4.69, 9.17) is 4.74 Å². The van der Waals surface area contributed by atoms with Crippen LogP contribution in [-0.2, 0) is 14.3 Å². The summed E-state index contributed by atoms with van der Waals surface area (Å²) in [5.41, 5.74) is 0. The van der Waals surface area contributed by atoms with E-state index >= 15 is 0 Å². The Labute approximate surface area is 109 Å². The highest BCUT2D eigenvalue weighted by molar-refractivity contribution is 5.94. The van der Waals surface area contributed by atoms with Gasteiger partial charge < -0.3 is 15.0 Å². The monoisotopic (exact) mass is 256 g/mol. The second kappa shape index (κ2) is 7.36. The van der Waals surface area contributed by atoms with Crippen LogP contribution in [0.5, 0.6) is 0 Å². The Balaban J connectivity index is 2.45. The Kier molecular flexibility index (Phi) is 6.12. The number of carbonyl (C=O) groups is 2. The van der Waals surface area contributed by atoms with E-state index in [0.717, 1.165) is 6.42 Å². The van der Waals surface area contributed by atoms with Gasteiger partial charge in [-0.3, -0.25) is 9.59 Å². The second-order valence-electron chi connectivity index (χ2n) is 5.06. The van der Waals surface area contributed by atoms with E-state index in [1.165, 1.54) is 0 Å². The average Bonchev–Trinajstić information content (AvgIpc) is 2.29. The van der Waals surface area contributed by atoms with Gasteiger partial charge in [-0.15, -0.1) is 0 Å². The third-order valence-corrected chi connectivity index (χ3v) is 2.91. The maximum absolute atomic E-state index is 12.1. The second-order valence-corrected chi connectivity index (χ2v) is 5.06. The number of piperazine rings is 1. The first-order valence-corrected chi connectivity index (χ1v) is 6.70. The number of ether oxygens (including phenoxy) is 1. The molecule has 1 aliphatic rings. The van der Waals surface area contributed by atoms with Crippen molar-refractivity contribution in [1.29, 1.82) is 0 Å². The molecule has 1 heterocycles. The summed E-state index contributed by atoms with van der Waals surface area (Å²) in [6, 6.07) is -0.349. The molecule has 1 unspecified atom stereocenters. The van der Waals surface area contributed by atoms with Gasteiger partial charge in [0.05, 0.1) is 6.54 Å². The largest absolute Gasteiger partial charge is 0.382 e. The standard InChI is InChI=1S/C13H24N2O3/c1-4-18-7-5-6-15-9-12(16)14-11(13(15)17)8-10(2)3/h10-11H,4-9H2,1-3H3,(H,14,16). The minimum absolute atomic E-state index is 0.0415. The number of carbonyl (C=O) groups excluding carboxylic acids is 2. The quantitative estimate of drug-likeness (QED) is 0.685. The molecule has 0 radical (unpaired) electrons. The van der Waals surface area contributed by atoms with E-state index in [0.29, 0.717) is 32.1 Å². The number of hydrogen-bond donors (Lipinski definition) is 1. The van der Waals surface area contributed by atoms with Crippen molar-refractivity contribution in [2.24, 2.45) is 5.92 Å². The summed E-state index contributed by atoms with van der Waals surface area (Å²) in [7, 11) is 0. The van der Waals surface area contributed by atoms with Crippen LogP contribution in [0, 0.1) is 5.92 Å². The van der Waals surface area contributed by atoms with Gasteiger partial charge in [0, 0.05) is 19.8 Å². The SMILES string of the molecule is CCOCCCN1CC(=O)NC(CC(C)C)C1=O. The van der Waals surface area contributed by atoms with Gasteiger partial charge in [-0.05, 0) is 25.7 Å². The van der Waals surface area contributed by atoms with Crippen molar-refractivity contribution in [2.75, 3.05) is 26.3 Å². The zero-order chi connectivity index (χ0) is 13.5. The molecule has 0 aromatic carbocycles. The first-order chi connectivity index (χ1) is 8.54. The van der Waals surface area contributed by atoms with Crippen LogP contribution in [0.3, 0.4) is 0 Å². The van der Waals surface area contributed by atoms with E-state index < -0.39 is 0 Å². The number of hydrogen-bond acceptors (Lipinski definition) is 3. The Hall–Kier alpha value is -1.10. The first kappa shape index (κ1) is 15.0. The fourth-order valence-corrected chi connectivity index (χ4v) is 2.10. The van der Waals surface area contributed by atoms with Crippen LogP contribution in [0.2, 0.25) is 0 Å². The van der Waals surface area contributed by atoms with Crippen LogP contribution in [0.25, 0.3) is 0 Å². The molecule has 1 fully saturated rings. The summed E-state index contributed by atoms with van der Waals surface area (Å²) >= 11 is 0. The molecule has 0 aromatic heterocycles. The molecule has 2 amide bonds. The summed E-state index contributed by atoms with van der Waals surface area (Å²) in [5.74, 6) is 0.374. The topological polar surface area (TPSA) is 58.6 Å². The van der Waals surface area contributed by atoms with E-state index in [2.05, 4.69) is 5.32 Å². The third-order valence-electron chi connectivity index (χ3n) is 2.91. The molecule has 1 atom stereocenters. The molecule has 0 aromatic rings. The van der Waals surface area contributed by atoms with E-state index in [9.17, 15) is 9.59 Å². The van der Waals surface area contributed by atoms with Crippen LogP contribution in [-0.4, -0.2) is 49.1 Å². The summed E-state index contributed by atoms with van der Waals surface area (Å²) in [5, 5.41) is 2.77. The smallest absolute Gasteiger partial charge is 0.245 e. The van der Waals surface area contributed by atoms with Crippen LogP contribution >= 0.6 is 0 Å². The van der Waals surface area contributed by atoms with Gasteiger partial charge in [0.15, 0.2) is 0 Å². The zero-order valence-corrected chi connectivity index (χ0v) is 11.6. The van der Waals surface area contributed by atoms with Gasteiger partial charge in [-0.25, -0.2) is 0 Å². The van der Waals surface area contributed by atoms with Crippen molar-refractivity contribution in [3.63, 3.8) is 0 Å². The van der Waals surface area contributed by atoms with Crippen molar-refractivity contribution in [3.05, 3.63) is 0 Å². The fourth-order valence-electron chi connectivity index (χ4n) is 2.10. The van der Waals surface area contributed by atoms with Gasteiger partial charge >= 0.3 is 0 Å². The molecular formula is C13H24N2O3. The molecule has 5 heteroatoms. The minimum atomic E-state index is -0.349. The van der Waals surface area contributed by atoms with Crippen LogP contribution in [0.15, 0.2) is 0 Å². The highest BCUT2D eigenvalue weighted by Gasteiger charge is 2.32. The van der Waals surface area contributed by atoms with Crippen molar-refractivity contribution < 1.29 is 14.3 Å². The van der Waals surface area contributed by atoms with Crippen LogP contribution in [0.1, 0.15) is 33.6 Å². The first-order valence-electron chi connectivity index (χ1n) is 6.70. The lowest BCUT2D eigenvalue weighted by atomic mass is 10.0. The Bertz CT molecular complexity index is 292. The highest BCUT2D eigenvalue weighted by atomic mass is 16.5. The van der Waals surface area contributed by atoms with Crippen molar-refractivity contribution in [3.8, 4) is 0 Å². The van der Waals surface area contributed by atoms with Gasteiger partial charge in [0.25, 0.3) is 0 Å². The van der Waals surface area contributed by atoms with Crippen molar-refractivity contribution >= 4 is 11.8 Å². The van der Waals surface area contributed by atoms with Gasteiger partial charge in [-0.1, -0.05) is 13.8 Å².